The zero-order chi connectivity index (χ0) is 35.0. The second-order valence-electron chi connectivity index (χ2n) is 12.4. The van der Waals surface area contributed by atoms with E-state index in [1.807, 2.05) is 12.2 Å². The molecule has 2 heteroatoms. The Bertz CT molecular complexity index is 2020. The molecule has 246 valence electrons. The van der Waals surface area contributed by atoms with Crippen molar-refractivity contribution in [3.05, 3.63) is 192 Å². The molecule has 0 saturated carbocycles. The van der Waals surface area contributed by atoms with Crippen molar-refractivity contribution in [2.75, 3.05) is 9.80 Å². The summed E-state index contributed by atoms with van der Waals surface area (Å²) in [6.45, 7) is 16.5. The highest BCUT2D eigenvalue weighted by atomic mass is 15.1. The molecular weight excluding hydrogens is 605 g/mol. The average Bonchev–Trinajstić information content (AvgIpc) is 3.15. The molecule has 6 rings (SSSR count). The molecule has 0 heterocycles. The third-order valence-electron chi connectivity index (χ3n) is 9.06. The lowest BCUT2D eigenvalue weighted by molar-refractivity contribution is 1.26. The minimum Gasteiger partial charge on any atom is -0.310 e. The van der Waals surface area contributed by atoms with Crippen LogP contribution in [-0.2, 0) is 0 Å². The van der Waals surface area contributed by atoms with Crippen molar-refractivity contribution < 1.29 is 0 Å². The summed E-state index contributed by atoms with van der Waals surface area (Å²) < 4.78 is 0. The van der Waals surface area contributed by atoms with Crippen molar-refractivity contribution in [3.8, 4) is 11.1 Å². The Hall–Kier alpha value is -6.12. The zero-order valence-electron chi connectivity index (χ0n) is 29.5. The maximum Gasteiger partial charge on any atom is 0.0536 e. The first kappa shape index (κ1) is 33.8. The van der Waals surface area contributed by atoms with E-state index in [9.17, 15) is 0 Å². The first-order valence-corrected chi connectivity index (χ1v) is 17.2. The second-order valence-corrected chi connectivity index (χ2v) is 12.4. The highest BCUT2D eigenvalue weighted by Crippen LogP contribution is 2.41. The Balaban J connectivity index is 1.40. The zero-order valence-corrected chi connectivity index (χ0v) is 29.5. The lowest BCUT2D eigenvalue weighted by Gasteiger charge is -2.29. The lowest BCUT2D eigenvalue weighted by Crippen LogP contribution is -2.12. The summed E-state index contributed by atoms with van der Waals surface area (Å²) in [6, 6.07) is 47.8. The third-order valence-corrected chi connectivity index (χ3v) is 9.06. The van der Waals surface area contributed by atoms with Gasteiger partial charge in [-0.15, -0.1) is 0 Å². The van der Waals surface area contributed by atoms with Gasteiger partial charge < -0.3 is 9.80 Å². The van der Waals surface area contributed by atoms with Gasteiger partial charge in [-0.05, 0) is 122 Å². The SMILES string of the molecule is C=Cc1cccc(N(c2ccc(-c3ccc(N(c4cccc(C=C)c4)c4cccc(C)c4/C=C\C)cc3)cc2)c2cccc(C)c2/C=C\C)c1. The molecule has 0 amide bonds. The molecule has 0 spiro atoms. The van der Waals surface area contributed by atoms with Crippen LogP contribution in [0.2, 0.25) is 0 Å². The monoisotopic (exact) mass is 648 g/mol. The van der Waals surface area contributed by atoms with Crippen LogP contribution in [0.25, 0.3) is 35.4 Å². The molecule has 50 heavy (non-hydrogen) atoms. The maximum absolute atomic E-state index is 4.02. The molecule has 0 fully saturated rings. The maximum atomic E-state index is 4.02. The molecule has 6 aromatic rings. The summed E-state index contributed by atoms with van der Waals surface area (Å²) in [4.78, 5) is 4.67. The van der Waals surface area contributed by atoms with Gasteiger partial charge in [0.2, 0.25) is 0 Å². The van der Waals surface area contributed by atoms with Gasteiger partial charge in [0.15, 0.2) is 0 Å². The number of aryl methyl sites for hydroxylation is 2. The normalized spacial score (nSPS) is 11.2. The van der Waals surface area contributed by atoms with Crippen LogP contribution in [0.5, 0.6) is 0 Å². The minimum atomic E-state index is 1.08. The van der Waals surface area contributed by atoms with Gasteiger partial charge in [-0.3, -0.25) is 0 Å². The molecule has 6 aromatic carbocycles. The predicted molar refractivity (Wildman–Crippen MR) is 220 cm³/mol. The Labute approximate surface area is 298 Å². The second kappa shape index (κ2) is 15.4. The van der Waals surface area contributed by atoms with Crippen LogP contribution in [0, 0.1) is 13.8 Å². The van der Waals surface area contributed by atoms with E-state index in [-0.39, 0.29) is 0 Å². The molecule has 0 saturated heterocycles. The predicted octanol–water partition coefficient (Wildman–Crippen LogP) is 14.3. The largest absolute Gasteiger partial charge is 0.310 e. The van der Waals surface area contributed by atoms with Crippen LogP contribution in [0.1, 0.15) is 47.2 Å². The van der Waals surface area contributed by atoms with Crippen LogP contribution in [0.4, 0.5) is 34.1 Å². The van der Waals surface area contributed by atoms with Gasteiger partial charge in [-0.2, -0.15) is 0 Å². The highest BCUT2D eigenvalue weighted by Gasteiger charge is 2.19. The summed E-state index contributed by atoms with van der Waals surface area (Å²) in [7, 11) is 0. The fourth-order valence-corrected chi connectivity index (χ4v) is 6.53. The van der Waals surface area contributed by atoms with Gasteiger partial charge in [0.05, 0.1) is 11.4 Å². The smallest absolute Gasteiger partial charge is 0.0536 e. The van der Waals surface area contributed by atoms with E-state index in [1.54, 1.807) is 0 Å². The van der Waals surface area contributed by atoms with Crippen molar-refractivity contribution in [1.82, 2.24) is 0 Å². The van der Waals surface area contributed by atoms with E-state index in [1.165, 1.54) is 22.3 Å². The van der Waals surface area contributed by atoms with Gasteiger partial charge in [-0.1, -0.05) is 122 Å². The summed E-state index contributed by atoms with van der Waals surface area (Å²) in [5, 5.41) is 0. The molecule has 0 aliphatic carbocycles. The molecular formula is C48H44N2. The van der Waals surface area contributed by atoms with E-state index in [0.29, 0.717) is 0 Å². The van der Waals surface area contributed by atoms with Crippen molar-refractivity contribution >= 4 is 58.4 Å². The molecule has 0 bridgehead atoms. The molecule has 0 atom stereocenters. The van der Waals surface area contributed by atoms with Crippen molar-refractivity contribution in [1.29, 1.82) is 0 Å². The molecule has 0 radical (unpaired) electrons. The number of rotatable bonds is 11. The number of hydrogen-bond acceptors (Lipinski definition) is 2. The first-order valence-electron chi connectivity index (χ1n) is 17.2. The molecule has 0 N–H and O–H groups in total. The fraction of sp³-hybridized carbons (Fsp3) is 0.0833. The van der Waals surface area contributed by atoms with Crippen LogP contribution in [0.15, 0.2) is 159 Å². The van der Waals surface area contributed by atoms with Gasteiger partial charge in [0.1, 0.15) is 0 Å². The Morgan fingerprint density at radius 1 is 0.440 bits per heavy atom. The summed E-state index contributed by atoms with van der Waals surface area (Å²) in [5.41, 5.74) is 16.0. The summed E-state index contributed by atoms with van der Waals surface area (Å²) in [6.07, 6.45) is 12.4. The van der Waals surface area contributed by atoms with Crippen LogP contribution in [0.3, 0.4) is 0 Å². The van der Waals surface area contributed by atoms with Crippen LogP contribution >= 0.6 is 0 Å². The van der Waals surface area contributed by atoms with Gasteiger partial charge in [-0.25, -0.2) is 0 Å². The highest BCUT2D eigenvalue weighted by molar-refractivity contribution is 5.87. The number of nitrogens with zero attached hydrogens (tertiary/aromatic N) is 2. The van der Waals surface area contributed by atoms with E-state index in [4.69, 9.17) is 0 Å². The quantitative estimate of drug-likeness (QED) is 0.138. The van der Waals surface area contributed by atoms with Crippen LogP contribution < -0.4 is 9.80 Å². The third kappa shape index (κ3) is 7.02. The lowest BCUT2D eigenvalue weighted by atomic mass is 10.0. The van der Waals surface area contributed by atoms with Gasteiger partial charge >= 0.3 is 0 Å². The van der Waals surface area contributed by atoms with E-state index >= 15 is 0 Å². The first-order chi connectivity index (χ1) is 24.4. The van der Waals surface area contributed by atoms with Crippen molar-refractivity contribution in [3.63, 3.8) is 0 Å². The van der Waals surface area contributed by atoms with Gasteiger partial charge in [0, 0.05) is 33.9 Å². The number of allylic oxidation sites excluding steroid dienone is 2. The van der Waals surface area contributed by atoms with E-state index in [0.717, 1.165) is 56.4 Å². The van der Waals surface area contributed by atoms with Crippen molar-refractivity contribution in [2.45, 2.75) is 27.7 Å². The number of benzene rings is 6. The molecule has 0 aromatic heterocycles. The molecule has 0 aliphatic heterocycles. The Morgan fingerprint density at radius 3 is 1.18 bits per heavy atom. The molecule has 0 aliphatic rings. The topological polar surface area (TPSA) is 6.48 Å². The number of anilines is 6. The van der Waals surface area contributed by atoms with Crippen molar-refractivity contribution in [2.24, 2.45) is 0 Å². The summed E-state index contributed by atoms with van der Waals surface area (Å²) in [5.74, 6) is 0. The Morgan fingerprint density at radius 2 is 0.820 bits per heavy atom. The summed E-state index contributed by atoms with van der Waals surface area (Å²) >= 11 is 0. The standard InChI is InChI=1S/C48H44N2/c1-7-15-45-35(5)17-11-23-47(45)49(43-21-13-19-37(9-3)33-43)41-29-25-39(26-30-41)40-27-31-42(32-28-40)50(44-22-14-20-38(10-4)34-44)48-24-12-18-36(6)46(48)16-8-2/h7-34H,3-4H2,1-2,5-6H3/b15-7-,16-8-. The fourth-order valence-electron chi connectivity index (χ4n) is 6.53. The average molecular weight is 649 g/mol. The Kier molecular flexibility index (Phi) is 10.4. The van der Waals surface area contributed by atoms with Crippen LogP contribution in [-0.4, -0.2) is 0 Å². The molecule has 0 unspecified atom stereocenters. The minimum absolute atomic E-state index is 1.08. The number of hydrogen-bond donors (Lipinski definition) is 0. The van der Waals surface area contributed by atoms with E-state index in [2.05, 4.69) is 208 Å². The van der Waals surface area contributed by atoms with Gasteiger partial charge in [0.25, 0.3) is 0 Å². The van der Waals surface area contributed by atoms with E-state index < -0.39 is 0 Å². The molecule has 2 nitrogen and oxygen atoms in total.